The highest BCUT2D eigenvalue weighted by Gasteiger charge is 2.17. The lowest BCUT2D eigenvalue weighted by Gasteiger charge is -2.14. The monoisotopic (exact) mass is 364 g/mol. The van der Waals surface area contributed by atoms with Gasteiger partial charge in [0.15, 0.2) is 11.5 Å². The van der Waals surface area contributed by atoms with Gasteiger partial charge in [0.2, 0.25) is 0 Å². The topological polar surface area (TPSA) is 76.7 Å². The summed E-state index contributed by atoms with van der Waals surface area (Å²) in [4.78, 5) is 0.104. The van der Waals surface area contributed by atoms with Crippen LogP contribution in [0.5, 0.6) is 11.5 Å². The molecule has 2 N–H and O–H groups in total. The van der Waals surface area contributed by atoms with Crippen molar-refractivity contribution in [3.05, 3.63) is 42.5 Å². The van der Waals surface area contributed by atoms with Crippen LogP contribution in [-0.4, -0.2) is 28.7 Å². The molecule has 2 rings (SSSR count). The fraction of sp³-hybridized carbons (Fsp3) is 0.333. The summed E-state index contributed by atoms with van der Waals surface area (Å²) in [5.74, 6) is 0.834. The van der Waals surface area contributed by atoms with E-state index in [1.807, 2.05) is 12.1 Å². The van der Waals surface area contributed by atoms with Crippen LogP contribution in [0.4, 0.5) is 11.4 Å². The molecular formula is C18H24N2O4S. The molecule has 0 heterocycles. The molecule has 2 aromatic carbocycles. The van der Waals surface area contributed by atoms with E-state index in [0.717, 1.165) is 12.1 Å². The molecule has 0 aliphatic heterocycles. The van der Waals surface area contributed by atoms with E-state index in [4.69, 9.17) is 9.47 Å². The largest absolute Gasteiger partial charge is 0.493 e. The van der Waals surface area contributed by atoms with Crippen LogP contribution in [0.25, 0.3) is 0 Å². The summed E-state index contributed by atoms with van der Waals surface area (Å²) in [5.41, 5.74) is 1.44. The Balaban J connectivity index is 2.18. The normalized spacial score (nSPS) is 12.3. The maximum Gasteiger partial charge on any atom is 0.262 e. The Labute approximate surface area is 149 Å². The lowest BCUT2D eigenvalue weighted by atomic mass is 10.2. The summed E-state index contributed by atoms with van der Waals surface area (Å²) >= 11 is 0. The van der Waals surface area contributed by atoms with Gasteiger partial charge >= 0.3 is 0 Å². The fourth-order valence-corrected chi connectivity index (χ4v) is 3.29. The Morgan fingerprint density at radius 1 is 0.960 bits per heavy atom. The van der Waals surface area contributed by atoms with Crippen molar-refractivity contribution in [2.45, 2.75) is 31.2 Å². The zero-order valence-corrected chi connectivity index (χ0v) is 15.7. The van der Waals surface area contributed by atoms with E-state index >= 15 is 0 Å². The molecule has 0 aromatic heterocycles. The van der Waals surface area contributed by atoms with Crippen LogP contribution in [0.2, 0.25) is 0 Å². The van der Waals surface area contributed by atoms with E-state index in [1.165, 1.54) is 26.4 Å². The maximum atomic E-state index is 12.6. The number of sulfonamides is 1. The molecule has 0 spiro atoms. The van der Waals surface area contributed by atoms with Gasteiger partial charge in [-0.3, -0.25) is 4.72 Å². The van der Waals surface area contributed by atoms with Crippen molar-refractivity contribution in [1.29, 1.82) is 0 Å². The minimum atomic E-state index is -3.72. The molecule has 136 valence electrons. The Morgan fingerprint density at radius 2 is 1.56 bits per heavy atom. The molecule has 0 aliphatic carbocycles. The highest BCUT2D eigenvalue weighted by Crippen LogP contribution is 2.30. The van der Waals surface area contributed by atoms with Crippen LogP contribution in [0.3, 0.4) is 0 Å². The number of benzene rings is 2. The lowest BCUT2D eigenvalue weighted by Crippen LogP contribution is -2.14. The predicted molar refractivity (Wildman–Crippen MR) is 100 cm³/mol. The molecule has 0 amide bonds. The molecule has 0 saturated carbocycles. The Morgan fingerprint density at radius 3 is 2.12 bits per heavy atom. The summed E-state index contributed by atoms with van der Waals surface area (Å²) < 4.78 is 38.0. The minimum Gasteiger partial charge on any atom is -0.493 e. The van der Waals surface area contributed by atoms with Gasteiger partial charge in [-0.1, -0.05) is 6.92 Å². The summed E-state index contributed by atoms with van der Waals surface area (Å²) in [7, 11) is -0.755. The van der Waals surface area contributed by atoms with Gasteiger partial charge in [-0.2, -0.15) is 0 Å². The molecule has 25 heavy (non-hydrogen) atoms. The van der Waals surface area contributed by atoms with Crippen LogP contribution >= 0.6 is 0 Å². The number of hydrogen-bond donors (Lipinski definition) is 2. The molecule has 2 aromatic rings. The van der Waals surface area contributed by atoms with Gasteiger partial charge in [0, 0.05) is 23.5 Å². The second-order valence-electron chi connectivity index (χ2n) is 5.65. The molecular weight excluding hydrogens is 340 g/mol. The van der Waals surface area contributed by atoms with Crippen molar-refractivity contribution >= 4 is 21.4 Å². The van der Waals surface area contributed by atoms with Crippen molar-refractivity contribution in [2.24, 2.45) is 0 Å². The third-order valence-corrected chi connectivity index (χ3v) is 5.21. The van der Waals surface area contributed by atoms with Crippen LogP contribution in [0.1, 0.15) is 20.3 Å². The average molecular weight is 364 g/mol. The van der Waals surface area contributed by atoms with Crippen molar-refractivity contribution in [3.8, 4) is 11.5 Å². The molecule has 0 radical (unpaired) electrons. The summed E-state index contributed by atoms with van der Waals surface area (Å²) in [6, 6.07) is 12.0. The van der Waals surface area contributed by atoms with Crippen LogP contribution in [-0.2, 0) is 10.0 Å². The first-order valence-corrected chi connectivity index (χ1v) is 9.49. The highest BCUT2D eigenvalue weighted by molar-refractivity contribution is 7.92. The van der Waals surface area contributed by atoms with Gasteiger partial charge < -0.3 is 14.8 Å². The van der Waals surface area contributed by atoms with E-state index < -0.39 is 10.0 Å². The highest BCUT2D eigenvalue weighted by atomic mass is 32.2. The van der Waals surface area contributed by atoms with Crippen LogP contribution in [0, 0.1) is 0 Å². The molecule has 0 saturated heterocycles. The first-order chi connectivity index (χ1) is 11.9. The summed E-state index contributed by atoms with van der Waals surface area (Å²) in [6.07, 6.45) is 1.01. The van der Waals surface area contributed by atoms with Crippen LogP contribution < -0.4 is 19.5 Å². The predicted octanol–water partition coefficient (Wildman–Crippen LogP) is 3.72. The minimum absolute atomic E-state index is 0.104. The summed E-state index contributed by atoms with van der Waals surface area (Å²) in [6.45, 7) is 4.19. The van der Waals surface area contributed by atoms with Crippen molar-refractivity contribution in [3.63, 3.8) is 0 Å². The van der Waals surface area contributed by atoms with E-state index in [1.54, 1.807) is 18.2 Å². The molecule has 6 nitrogen and oxygen atoms in total. The number of rotatable bonds is 8. The van der Waals surface area contributed by atoms with Crippen LogP contribution in [0.15, 0.2) is 47.4 Å². The molecule has 1 atom stereocenters. The molecule has 0 bridgehead atoms. The summed E-state index contributed by atoms with van der Waals surface area (Å²) in [5, 5.41) is 3.33. The Bertz CT molecular complexity index is 804. The van der Waals surface area contributed by atoms with Crippen molar-refractivity contribution < 1.29 is 17.9 Å². The van der Waals surface area contributed by atoms with Gasteiger partial charge in [0.25, 0.3) is 10.0 Å². The first kappa shape index (κ1) is 18.9. The second-order valence-corrected chi connectivity index (χ2v) is 7.34. The SMILES string of the molecule is CCC(C)Nc1ccc(NS(=O)(=O)c2ccc(OC)c(OC)c2)cc1. The zero-order valence-electron chi connectivity index (χ0n) is 14.9. The molecule has 7 heteroatoms. The maximum absolute atomic E-state index is 12.6. The fourth-order valence-electron chi connectivity index (χ4n) is 2.22. The lowest BCUT2D eigenvalue weighted by molar-refractivity contribution is 0.354. The number of nitrogens with one attached hydrogen (secondary N) is 2. The van der Waals surface area contributed by atoms with E-state index in [2.05, 4.69) is 23.9 Å². The Kier molecular flexibility index (Phi) is 6.14. The van der Waals surface area contributed by atoms with Crippen molar-refractivity contribution in [2.75, 3.05) is 24.3 Å². The van der Waals surface area contributed by atoms with E-state index in [-0.39, 0.29) is 4.90 Å². The van der Waals surface area contributed by atoms with Gasteiger partial charge in [0.1, 0.15) is 0 Å². The quantitative estimate of drug-likeness (QED) is 0.747. The van der Waals surface area contributed by atoms with Gasteiger partial charge in [-0.15, -0.1) is 0 Å². The molecule has 1 unspecified atom stereocenters. The average Bonchev–Trinajstić information content (AvgIpc) is 2.62. The van der Waals surface area contributed by atoms with Gasteiger partial charge in [-0.05, 0) is 49.7 Å². The second kappa shape index (κ2) is 8.11. The van der Waals surface area contributed by atoms with Crippen molar-refractivity contribution in [1.82, 2.24) is 0 Å². The van der Waals surface area contributed by atoms with E-state index in [0.29, 0.717) is 23.2 Å². The number of hydrogen-bond acceptors (Lipinski definition) is 5. The molecule has 0 aliphatic rings. The number of ether oxygens (including phenoxy) is 2. The third kappa shape index (κ3) is 4.79. The Hall–Kier alpha value is -2.41. The number of anilines is 2. The smallest absolute Gasteiger partial charge is 0.262 e. The zero-order chi connectivity index (χ0) is 18.4. The van der Waals surface area contributed by atoms with Gasteiger partial charge in [0.05, 0.1) is 19.1 Å². The molecule has 0 fully saturated rings. The van der Waals surface area contributed by atoms with Gasteiger partial charge in [-0.25, -0.2) is 8.42 Å². The van der Waals surface area contributed by atoms with E-state index in [9.17, 15) is 8.42 Å². The standard InChI is InChI=1S/C18H24N2O4S/c1-5-13(2)19-14-6-8-15(9-7-14)20-25(21,22)16-10-11-17(23-3)18(12-16)24-4/h6-13,19-20H,5H2,1-4H3. The third-order valence-electron chi connectivity index (χ3n) is 3.83. The number of methoxy groups -OCH3 is 2. The first-order valence-electron chi connectivity index (χ1n) is 8.01.